The molecule has 0 amide bonds. The lowest BCUT2D eigenvalue weighted by molar-refractivity contribution is -0.137. The van der Waals surface area contributed by atoms with Crippen molar-refractivity contribution < 1.29 is 13.2 Å². The second kappa shape index (κ2) is 7.85. The third kappa shape index (κ3) is 3.94. The van der Waals surface area contributed by atoms with Crippen LogP contribution in [0.5, 0.6) is 0 Å². The molecule has 0 saturated carbocycles. The van der Waals surface area contributed by atoms with E-state index in [9.17, 15) is 13.2 Å². The predicted octanol–water partition coefficient (Wildman–Crippen LogP) is 3.00. The number of piperidine rings is 1. The molecule has 5 nitrogen and oxygen atoms in total. The third-order valence-corrected chi connectivity index (χ3v) is 5.97. The summed E-state index contributed by atoms with van der Waals surface area (Å²) >= 11 is 0. The zero-order chi connectivity index (χ0) is 19.7. The number of fused-ring (bicyclic) bond motifs is 1. The maximum atomic E-state index is 12.8. The summed E-state index contributed by atoms with van der Waals surface area (Å²) in [7, 11) is 0. The maximum absolute atomic E-state index is 12.8. The summed E-state index contributed by atoms with van der Waals surface area (Å²) in [5.74, 6) is 1.43. The summed E-state index contributed by atoms with van der Waals surface area (Å²) in [6.45, 7) is 5.91. The number of nitrogens with one attached hydrogen (secondary N) is 2. The molecule has 1 aromatic carbocycles. The first-order valence-electron chi connectivity index (χ1n) is 9.86. The van der Waals surface area contributed by atoms with E-state index in [-0.39, 0.29) is 6.04 Å². The largest absolute Gasteiger partial charge is 0.416 e. The summed E-state index contributed by atoms with van der Waals surface area (Å²) in [6.07, 6.45) is 1.52. The first-order chi connectivity index (χ1) is 13.5. The van der Waals surface area contributed by atoms with E-state index in [2.05, 4.69) is 32.2 Å². The molecule has 1 aromatic heterocycles. The van der Waals surface area contributed by atoms with Gasteiger partial charge < -0.3 is 9.47 Å². The monoisotopic (exact) mass is 393 g/mol. The van der Waals surface area contributed by atoms with Gasteiger partial charge >= 0.3 is 6.18 Å². The molecule has 2 saturated heterocycles. The number of hydrogen-bond donors (Lipinski definition) is 2. The number of hydrogen-bond acceptors (Lipinski definition) is 4. The molecule has 3 unspecified atom stereocenters. The van der Waals surface area contributed by atoms with E-state index in [0.717, 1.165) is 50.4 Å². The van der Waals surface area contributed by atoms with Crippen LogP contribution >= 0.6 is 0 Å². The normalized spacial score (nSPS) is 25.8. The number of alkyl halides is 3. The number of halogens is 3. The van der Waals surface area contributed by atoms with Gasteiger partial charge in [0.1, 0.15) is 5.82 Å². The molecule has 2 aliphatic rings. The quantitative estimate of drug-likeness (QED) is 0.820. The zero-order valence-corrected chi connectivity index (χ0v) is 15.9. The highest BCUT2D eigenvalue weighted by molar-refractivity contribution is 5.28. The Morgan fingerprint density at radius 3 is 2.64 bits per heavy atom. The minimum atomic E-state index is -4.30. The van der Waals surface area contributed by atoms with Crippen LogP contribution in [-0.2, 0) is 19.1 Å². The lowest BCUT2D eigenvalue weighted by Gasteiger charge is -2.36. The Hall–Kier alpha value is -1.90. The average molecular weight is 393 g/mol. The number of imidazole rings is 1. The molecule has 28 heavy (non-hydrogen) atoms. The molecule has 2 N–H and O–H groups in total. The Bertz CT molecular complexity index is 786. The van der Waals surface area contributed by atoms with Crippen molar-refractivity contribution in [3.8, 4) is 0 Å². The van der Waals surface area contributed by atoms with Gasteiger partial charge in [0, 0.05) is 50.4 Å². The Morgan fingerprint density at radius 1 is 1.14 bits per heavy atom. The molecule has 3 heterocycles. The van der Waals surface area contributed by atoms with Crippen molar-refractivity contribution in [3.05, 3.63) is 53.6 Å². The molecular weight excluding hydrogens is 367 g/mol. The van der Waals surface area contributed by atoms with Crippen molar-refractivity contribution in [2.75, 3.05) is 19.6 Å². The number of aromatic nitrogens is 2. The van der Waals surface area contributed by atoms with Crippen LogP contribution in [0.15, 0.2) is 36.7 Å². The standard InChI is InChI=1S/C20H26F3N5/c1-2-18-24-8-10-28(18)12-11-27-9-7-17-16(13-27)19(26-25-17)14-3-5-15(6-4-14)20(21,22)23/h3-6,8,10,16-17,19,25-26H,2,7,9,11-13H2,1H3. The second-order valence-electron chi connectivity index (χ2n) is 7.64. The minimum Gasteiger partial charge on any atom is -0.334 e. The van der Waals surface area contributed by atoms with Gasteiger partial charge in [-0.1, -0.05) is 19.1 Å². The van der Waals surface area contributed by atoms with Crippen LogP contribution in [0.2, 0.25) is 0 Å². The van der Waals surface area contributed by atoms with Crippen LogP contribution in [0.1, 0.15) is 36.3 Å². The minimum absolute atomic E-state index is 0.0227. The van der Waals surface area contributed by atoms with E-state index in [4.69, 9.17) is 0 Å². The van der Waals surface area contributed by atoms with Crippen LogP contribution in [0, 0.1) is 5.92 Å². The summed E-state index contributed by atoms with van der Waals surface area (Å²) in [4.78, 5) is 6.82. The molecular formula is C20H26F3N5. The first kappa shape index (κ1) is 19.4. The van der Waals surface area contributed by atoms with Crippen molar-refractivity contribution in [1.82, 2.24) is 25.3 Å². The van der Waals surface area contributed by atoms with Crippen LogP contribution < -0.4 is 10.9 Å². The average Bonchev–Trinajstić information content (AvgIpc) is 3.32. The summed E-state index contributed by atoms with van der Waals surface area (Å²) < 4.78 is 40.7. The van der Waals surface area contributed by atoms with Gasteiger partial charge in [0.05, 0.1) is 11.6 Å². The Kier molecular flexibility index (Phi) is 5.44. The fourth-order valence-corrected chi connectivity index (χ4v) is 4.39. The predicted molar refractivity (Wildman–Crippen MR) is 100 cm³/mol. The van der Waals surface area contributed by atoms with E-state index >= 15 is 0 Å². The van der Waals surface area contributed by atoms with Crippen molar-refractivity contribution in [2.24, 2.45) is 5.92 Å². The maximum Gasteiger partial charge on any atom is 0.416 e. The number of rotatable bonds is 5. The van der Waals surface area contributed by atoms with Crippen LogP contribution in [-0.4, -0.2) is 40.1 Å². The number of benzene rings is 1. The van der Waals surface area contributed by atoms with Gasteiger partial charge in [-0.25, -0.2) is 10.4 Å². The Morgan fingerprint density at radius 2 is 1.93 bits per heavy atom. The van der Waals surface area contributed by atoms with Gasteiger partial charge in [-0.05, 0) is 30.7 Å². The Labute approximate surface area is 162 Å². The summed E-state index contributed by atoms with van der Waals surface area (Å²) in [5.41, 5.74) is 6.95. The molecule has 152 valence electrons. The summed E-state index contributed by atoms with van der Waals surface area (Å²) in [5, 5.41) is 0. The third-order valence-electron chi connectivity index (χ3n) is 5.97. The topological polar surface area (TPSA) is 45.1 Å². The molecule has 0 bridgehead atoms. The number of likely N-dealkylation sites (tertiary alicyclic amines) is 1. The van der Waals surface area contributed by atoms with Gasteiger partial charge in [0.2, 0.25) is 0 Å². The van der Waals surface area contributed by atoms with E-state index in [1.54, 1.807) is 12.1 Å². The molecule has 0 aliphatic carbocycles. The van der Waals surface area contributed by atoms with Gasteiger partial charge in [-0.3, -0.25) is 5.43 Å². The summed E-state index contributed by atoms with van der Waals surface area (Å²) in [6, 6.07) is 5.93. The van der Waals surface area contributed by atoms with Gasteiger partial charge in [0.15, 0.2) is 0 Å². The van der Waals surface area contributed by atoms with Crippen molar-refractivity contribution in [1.29, 1.82) is 0 Å². The highest BCUT2D eigenvalue weighted by Crippen LogP contribution is 2.35. The highest BCUT2D eigenvalue weighted by Gasteiger charge is 2.40. The SMILES string of the molecule is CCc1nccn1CCN1CCC2NNC(c3ccc(C(F)(F)F)cc3)C2C1. The van der Waals surface area contributed by atoms with Gasteiger partial charge in [-0.2, -0.15) is 13.2 Å². The zero-order valence-electron chi connectivity index (χ0n) is 15.9. The van der Waals surface area contributed by atoms with E-state index in [1.807, 2.05) is 12.4 Å². The van der Waals surface area contributed by atoms with E-state index in [0.29, 0.717) is 12.0 Å². The van der Waals surface area contributed by atoms with E-state index in [1.165, 1.54) is 12.1 Å². The molecule has 2 aliphatic heterocycles. The highest BCUT2D eigenvalue weighted by atomic mass is 19.4. The molecule has 0 radical (unpaired) electrons. The molecule has 2 aromatic rings. The molecule has 4 rings (SSSR count). The second-order valence-corrected chi connectivity index (χ2v) is 7.64. The fraction of sp³-hybridized carbons (Fsp3) is 0.550. The van der Waals surface area contributed by atoms with E-state index < -0.39 is 11.7 Å². The van der Waals surface area contributed by atoms with Crippen molar-refractivity contribution in [3.63, 3.8) is 0 Å². The van der Waals surface area contributed by atoms with Crippen LogP contribution in [0.25, 0.3) is 0 Å². The smallest absolute Gasteiger partial charge is 0.334 e. The van der Waals surface area contributed by atoms with Crippen molar-refractivity contribution in [2.45, 2.75) is 44.6 Å². The molecule has 3 atom stereocenters. The van der Waals surface area contributed by atoms with Crippen LogP contribution in [0.4, 0.5) is 13.2 Å². The number of nitrogens with zero attached hydrogens (tertiary/aromatic N) is 3. The fourth-order valence-electron chi connectivity index (χ4n) is 4.39. The van der Waals surface area contributed by atoms with Gasteiger partial charge in [0.25, 0.3) is 0 Å². The van der Waals surface area contributed by atoms with Crippen LogP contribution in [0.3, 0.4) is 0 Å². The lowest BCUT2D eigenvalue weighted by Crippen LogP contribution is -2.46. The van der Waals surface area contributed by atoms with Crippen molar-refractivity contribution >= 4 is 0 Å². The molecule has 0 spiro atoms. The molecule has 8 heteroatoms. The number of hydrazine groups is 1. The molecule has 2 fully saturated rings. The number of aryl methyl sites for hydroxylation is 1. The lowest BCUT2D eigenvalue weighted by atomic mass is 9.85. The first-order valence-corrected chi connectivity index (χ1v) is 9.86. The van der Waals surface area contributed by atoms with Gasteiger partial charge in [-0.15, -0.1) is 0 Å². The Balaban J connectivity index is 1.40.